The van der Waals surface area contributed by atoms with Crippen molar-refractivity contribution >= 4 is 5.97 Å². The minimum Gasteiger partial charge on any atom is -0.481 e. The molecule has 0 aliphatic rings. The third-order valence-electron chi connectivity index (χ3n) is 1.55. The Morgan fingerprint density at radius 3 is 2.36 bits per heavy atom. The Morgan fingerprint density at radius 1 is 1.50 bits per heavy atom. The zero-order chi connectivity index (χ0) is 11.4. The van der Waals surface area contributed by atoms with Gasteiger partial charge in [-0.25, -0.2) is 8.78 Å². The molecule has 0 amide bonds. The van der Waals surface area contributed by atoms with Crippen molar-refractivity contribution in [2.45, 2.75) is 19.3 Å². The topological polar surface area (TPSA) is 49.3 Å². The van der Waals surface area contributed by atoms with Gasteiger partial charge in [0.25, 0.3) is 0 Å². The molecule has 0 rings (SSSR count). The van der Waals surface area contributed by atoms with Crippen molar-refractivity contribution in [3.05, 3.63) is 0 Å². The Labute approximate surface area is 78.1 Å². The van der Waals surface area contributed by atoms with Gasteiger partial charge in [-0.3, -0.25) is 4.79 Å². The monoisotopic (exact) mass is 217 g/mol. The minimum absolute atomic E-state index is 0.266. The van der Waals surface area contributed by atoms with E-state index in [9.17, 15) is 22.4 Å². The zero-order valence-corrected chi connectivity index (χ0v) is 7.44. The van der Waals surface area contributed by atoms with Crippen LogP contribution in [0.2, 0.25) is 0 Å². The van der Waals surface area contributed by atoms with Crippen molar-refractivity contribution in [2.75, 3.05) is 13.1 Å². The summed E-state index contributed by atoms with van der Waals surface area (Å²) in [6.45, 7) is -0.199. The Hall–Kier alpha value is -0.850. The molecule has 0 heterocycles. The molecule has 0 fully saturated rings. The maximum Gasteiger partial charge on any atom is 0.319 e. The zero-order valence-electron chi connectivity index (χ0n) is 7.44. The van der Waals surface area contributed by atoms with Crippen LogP contribution in [0, 0.1) is 5.92 Å². The van der Waals surface area contributed by atoms with E-state index < -0.39 is 30.8 Å². The molecule has 0 aliphatic heterocycles. The van der Waals surface area contributed by atoms with E-state index in [1.807, 2.05) is 5.32 Å². The summed E-state index contributed by atoms with van der Waals surface area (Å²) in [6, 6.07) is 0. The number of aliphatic carboxylic acids is 1. The molecule has 0 aromatic rings. The molecule has 0 aromatic carbocycles. The van der Waals surface area contributed by atoms with Crippen molar-refractivity contribution in [1.29, 1.82) is 0 Å². The highest BCUT2D eigenvalue weighted by atomic mass is 19.3. The average Bonchev–Trinajstić information content (AvgIpc) is 2.03. The molecule has 14 heavy (non-hydrogen) atoms. The fourth-order valence-electron chi connectivity index (χ4n) is 0.620. The molecule has 0 radical (unpaired) electrons. The molecular weight excluding hydrogens is 206 g/mol. The molecule has 0 saturated heterocycles. The molecular formula is C7H11F4NO2. The maximum atomic E-state index is 12.2. The van der Waals surface area contributed by atoms with Gasteiger partial charge in [0.2, 0.25) is 0 Å². The Morgan fingerprint density at radius 2 is 2.00 bits per heavy atom. The van der Waals surface area contributed by atoms with E-state index in [-0.39, 0.29) is 6.54 Å². The van der Waals surface area contributed by atoms with E-state index in [4.69, 9.17) is 5.11 Å². The maximum absolute atomic E-state index is 12.2. The quantitative estimate of drug-likeness (QED) is 0.657. The number of hydrogen-bond donors (Lipinski definition) is 2. The van der Waals surface area contributed by atoms with E-state index in [0.29, 0.717) is 0 Å². The summed E-state index contributed by atoms with van der Waals surface area (Å²) >= 11 is 0. The van der Waals surface area contributed by atoms with Gasteiger partial charge in [0.15, 0.2) is 0 Å². The van der Waals surface area contributed by atoms with Crippen LogP contribution in [0.25, 0.3) is 0 Å². The second-order valence-electron chi connectivity index (χ2n) is 2.93. The lowest BCUT2D eigenvalue weighted by atomic mass is 10.2. The molecule has 0 aromatic heterocycles. The van der Waals surface area contributed by atoms with Crippen LogP contribution in [0.4, 0.5) is 17.6 Å². The summed E-state index contributed by atoms with van der Waals surface area (Å²) in [6.07, 6.45) is -3.74. The van der Waals surface area contributed by atoms with Crippen LogP contribution in [0.5, 0.6) is 0 Å². The number of hydrogen-bond acceptors (Lipinski definition) is 2. The first-order valence-corrected chi connectivity index (χ1v) is 3.87. The number of carboxylic acid groups (broad SMARTS) is 1. The van der Waals surface area contributed by atoms with Gasteiger partial charge >= 0.3 is 18.3 Å². The van der Waals surface area contributed by atoms with Crippen LogP contribution in [0.15, 0.2) is 0 Å². The number of carboxylic acids is 1. The second-order valence-corrected chi connectivity index (χ2v) is 2.93. The van der Waals surface area contributed by atoms with E-state index in [0.717, 1.165) is 0 Å². The van der Waals surface area contributed by atoms with Crippen LogP contribution in [-0.4, -0.2) is 36.5 Å². The fourth-order valence-corrected chi connectivity index (χ4v) is 0.620. The average molecular weight is 217 g/mol. The van der Waals surface area contributed by atoms with Gasteiger partial charge in [-0.15, -0.1) is 0 Å². The van der Waals surface area contributed by atoms with Gasteiger partial charge in [-0.2, -0.15) is 8.78 Å². The number of rotatable bonds is 6. The first kappa shape index (κ1) is 13.2. The largest absolute Gasteiger partial charge is 0.481 e. The van der Waals surface area contributed by atoms with Crippen LogP contribution < -0.4 is 5.32 Å². The molecule has 2 N–H and O–H groups in total. The highest BCUT2D eigenvalue weighted by Gasteiger charge is 2.40. The highest BCUT2D eigenvalue weighted by molar-refractivity contribution is 5.69. The standard InChI is InChI=1S/C7H11F4NO2/c1-4(5(13)14)2-12-3-7(10,11)6(8)9/h4,6,12H,2-3H2,1H3,(H,13,14). The van der Waals surface area contributed by atoms with Gasteiger partial charge in [0, 0.05) is 6.54 Å². The van der Waals surface area contributed by atoms with Gasteiger partial charge < -0.3 is 10.4 Å². The Kier molecular flexibility index (Phi) is 4.82. The Balaban J connectivity index is 3.79. The summed E-state index contributed by atoms with van der Waals surface area (Å²) < 4.78 is 47.7. The molecule has 7 heteroatoms. The van der Waals surface area contributed by atoms with Crippen LogP contribution in [0.1, 0.15) is 6.92 Å². The predicted octanol–water partition coefficient (Wildman–Crippen LogP) is 1.20. The molecule has 3 nitrogen and oxygen atoms in total. The third-order valence-corrected chi connectivity index (χ3v) is 1.55. The van der Waals surface area contributed by atoms with Crippen LogP contribution in [0.3, 0.4) is 0 Å². The molecule has 0 saturated carbocycles. The fraction of sp³-hybridized carbons (Fsp3) is 0.857. The number of carbonyl (C=O) groups is 1. The Bertz CT molecular complexity index is 198. The van der Waals surface area contributed by atoms with Crippen molar-refractivity contribution in [3.8, 4) is 0 Å². The molecule has 1 atom stereocenters. The molecule has 0 bridgehead atoms. The van der Waals surface area contributed by atoms with Gasteiger partial charge in [0.1, 0.15) is 0 Å². The van der Waals surface area contributed by atoms with E-state index >= 15 is 0 Å². The lowest BCUT2D eigenvalue weighted by molar-refractivity contribution is -0.141. The van der Waals surface area contributed by atoms with Crippen molar-refractivity contribution in [2.24, 2.45) is 5.92 Å². The van der Waals surface area contributed by atoms with Gasteiger partial charge in [0.05, 0.1) is 12.5 Å². The number of alkyl halides is 4. The van der Waals surface area contributed by atoms with Crippen LogP contribution >= 0.6 is 0 Å². The summed E-state index contributed by atoms with van der Waals surface area (Å²) in [4.78, 5) is 10.2. The second kappa shape index (κ2) is 5.14. The molecule has 0 aliphatic carbocycles. The first-order chi connectivity index (χ1) is 6.27. The smallest absolute Gasteiger partial charge is 0.319 e. The van der Waals surface area contributed by atoms with Crippen molar-refractivity contribution in [3.63, 3.8) is 0 Å². The minimum atomic E-state index is -4.11. The lowest BCUT2D eigenvalue weighted by Gasteiger charge is -2.16. The summed E-state index contributed by atoms with van der Waals surface area (Å²) in [5, 5.41) is 10.3. The SMILES string of the molecule is CC(CNCC(F)(F)C(F)F)C(=O)O. The molecule has 1 unspecified atom stereocenters. The lowest BCUT2D eigenvalue weighted by Crippen LogP contribution is -2.41. The molecule has 84 valence electrons. The van der Waals surface area contributed by atoms with Crippen LogP contribution in [-0.2, 0) is 4.79 Å². The first-order valence-electron chi connectivity index (χ1n) is 3.87. The van der Waals surface area contributed by atoms with Crippen molar-refractivity contribution < 1.29 is 27.5 Å². The van der Waals surface area contributed by atoms with E-state index in [1.54, 1.807) is 0 Å². The van der Waals surface area contributed by atoms with Crippen molar-refractivity contribution in [1.82, 2.24) is 5.32 Å². The normalized spacial score (nSPS) is 14.4. The molecule has 0 spiro atoms. The van der Waals surface area contributed by atoms with E-state index in [2.05, 4.69) is 0 Å². The number of nitrogens with one attached hydrogen (secondary N) is 1. The van der Waals surface area contributed by atoms with Gasteiger partial charge in [-0.1, -0.05) is 6.92 Å². The van der Waals surface area contributed by atoms with E-state index in [1.165, 1.54) is 6.92 Å². The summed E-state index contributed by atoms with van der Waals surface area (Å²) in [5.74, 6) is -6.17. The highest BCUT2D eigenvalue weighted by Crippen LogP contribution is 2.21. The van der Waals surface area contributed by atoms with Gasteiger partial charge in [-0.05, 0) is 0 Å². The summed E-state index contributed by atoms with van der Waals surface area (Å²) in [5.41, 5.74) is 0. The number of halogens is 4. The predicted molar refractivity (Wildman–Crippen MR) is 40.6 cm³/mol. The summed E-state index contributed by atoms with van der Waals surface area (Å²) in [7, 11) is 0. The third kappa shape index (κ3) is 4.40.